The largest absolute Gasteiger partial charge is 0.480 e. The van der Waals surface area contributed by atoms with Crippen LogP contribution in [0, 0.1) is 0 Å². The molecule has 2 aromatic carbocycles. The zero-order chi connectivity index (χ0) is 23.4. The molecule has 33 heavy (non-hydrogen) atoms. The minimum atomic E-state index is -0.975. The van der Waals surface area contributed by atoms with E-state index in [1.54, 1.807) is 0 Å². The number of nitrogens with one attached hydrogen (secondary N) is 1. The number of carbonyl (C=O) groups is 3. The van der Waals surface area contributed by atoms with E-state index < -0.39 is 24.1 Å². The second-order valence-corrected chi connectivity index (χ2v) is 8.74. The number of benzene rings is 2. The number of amides is 2. The standard InChI is InChI=1S/C26H30N2O5/c1-2-8-17(15-24(29)28-14-7-13-23(28)25(30)31)27-26(32)33-16-22-20-11-5-3-9-18(20)19-10-4-6-12-21(19)22/h3-6,9-12,17,22-23H,2,7-8,13-16H2,1H3,(H,27,32)(H,30,31)/t17-,23+/m1/s1. The quantitative estimate of drug-likeness (QED) is 0.630. The molecule has 0 aromatic heterocycles. The van der Waals surface area contributed by atoms with Gasteiger partial charge in [-0.25, -0.2) is 9.59 Å². The molecule has 7 heteroatoms. The van der Waals surface area contributed by atoms with E-state index in [2.05, 4.69) is 29.6 Å². The summed E-state index contributed by atoms with van der Waals surface area (Å²) in [4.78, 5) is 38.2. The van der Waals surface area contributed by atoms with Crippen LogP contribution in [0.15, 0.2) is 48.5 Å². The number of hydrogen-bond acceptors (Lipinski definition) is 4. The maximum Gasteiger partial charge on any atom is 0.407 e. The van der Waals surface area contributed by atoms with Crippen molar-refractivity contribution < 1.29 is 24.2 Å². The van der Waals surface area contributed by atoms with Crippen LogP contribution in [0.25, 0.3) is 11.1 Å². The fourth-order valence-corrected chi connectivity index (χ4v) is 5.03. The molecule has 0 radical (unpaired) electrons. The summed E-state index contributed by atoms with van der Waals surface area (Å²) in [6.07, 6.45) is 2.06. The third-order valence-corrected chi connectivity index (χ3v) is 6.58. The lowest BCUT2D eigenvalue weighted by atomic mass is 9.98. The van der Waals surface area contributed by atoms with E-state index in [0.29, 0.717) is 25.8 Å². The number of alkyl carbamates (subject to hydrolysis) is 1. The molecule has 2 aliphatic rings. The topological polar surface area (TPSA) is 95.9 Å². The summed E-state index contributed by atoms with van der Waals surface area (Å²) in [7, 11) is 0. The van der Waals surface area contributed by atoms with Gasteiger partial charge in [0.2, 0.25) is 5.91 Å². The van der Waals surface area contributed by atoms with Gasteiger partial charge in [-0.3, -0.25) is 4.79 Å². The highest BCUT2D eigenvalue weighted by atomic mass is 16.5. The van der Waals surface area contributed by atoms with Gasteiger partial charge in [-0.2, -0.15) is 0 Å². The minimum absolute atomic E-state index is 0.0321. The molecule has 0 unspecified atom stereocenters. The molecule has 7 nitrogen and oxygen atoms in total. The number of hydrogen-bond donors (Lipinski definition) is 2. The van der Waals surface area contributed by atoms with Crippen molar-refractivity contribution in [3.8, 4) is 11.1 Å². The van der Waals surface area contributed by atoms with Crippen LogP contribution in [0.5, 0.6) is 0 Å². The monoisotopic (exact) mass is 450 g/mol. The van der Waals surface area contributed by atoms with Gasteiger partial charge in [0, 0.05) is 24.9 Å². The van der Waals surface area contributed by atoms with Crippen LogP contribution < -0.4 is 5.32 Å². The molecule has 1 saturated heterocycles. The van der Waals surface area contributed by atoms with E-state index >= 15 is 0 Å². The van der Waals surface area contributed by atoms with E-state index in [9.17, 15) is 19.5 Å². The van der Waals surface area contributed by atoms with Gasteiger partial charge in [0.25, 0.3) is 0 Å². The van der Waals surface area contributed by atoms with E-state index in [0.717, 1.165) is 28.7 Å². The number of likely N-dealkylation sites (tertiary alicyclic amines) is 1. The molecular formula is C26H30N2O5. The maximum atomic E-state index is 12.7. The Morgan fingerprint density at radius 3 is 2.33 bits per heavy atom. The van der Waals surface area contributed by atoms with Gasteiger partial charge in [-0.1, -0.05) is 61.9 Å². The lowest BCUT2D eigenvalue weighted by molar-refractivity contribution is -0.148. The SMILES string of the molecule is CCC[C@H](CC(=O)N1CCC[C@H]1C(=O)O)NC(=O)OCC1c2ccccc2-c2ccccc21. The van der Waals surface area contributed by atoms with Crippen LogP contribution in [0.4, 0.5) is 4.79 Å². The third kappa shape index (κ3) is 4.87. The normalized spacial score (nSPS) is 17.8. The Labute approximate surface area is 193 Å². The van der Waals surface area contributed by atoms with Crippen LogP contribution in [-0.4, -0.2) is 53.2 Å². The van der Waals surface area contributed by atoms with Gasteiger partial charge in [0.1, 0.15) is 12.6 Å². The molecule has 1 heterocycles. The summed E-state index contributed by atoms with van der Waals surface area (Å²) < 4.78 is 5.61. The average Bonchev–Trinajstić information content (AvgIpc) is 3.42. The summed E-state index contributed by atoms with van der Waals surface area (Å²) in [5.74, 6) is -1.25. The minimum Gasteiger partial charge on any atom is -0.480 e. The van der Waals surface area contributed by atoms with Crippen molar-refractivity contribution in [2.75, 3.05) is 13.2 Å². The second-order valence-electron chi connectivity index (χ2n) is 8.74. The zero-order valence-corrected chi connectivity index (χ0v) is 18.8. The molecule has 2 N–H and O–H groups in total. The van der Waals surface area contributed by atoms with Crippen molar-refractivity contribution in [3.63, 3.8) is 0 Å². The fraction of sp³-hybridized carbons (Fsp3) is 0.423. The Kier molecular flexibility index (Phi) is 6.96. The number of aliphatic carboxylic acids is 1. The molecule has 1 fully saturated rings. The molecule has 1 aliphatic carbocycles. The van der Waals surface area contributed by atoms with Crippen molar-refractivity contribution in [1.82, 2.24) is 10.2 Å². The first kappa shape index (κ1) is 22.8. The second kappa shape index (κ2) is 10.1. The van der Waals surface area contributed by atoms with Crippen molar-refractivity contribution >= 4 is 18.0 Å². The molecule has 0 saturated carbocycles. The number of rotatable bonds is 8. The summed E-state index contributed by atoms with van der Waals surface area (Å²) >= 11 is 0. The third-order valence-electron chi connectivity index (χ3n) is 6.58. The summed E-state index contributed by atoms with van der Waals surface area (Å²) in [5.41, 5.74) is 4.60. The summed E-state index contributed by atoms with van der Waals surface area (Å²) in [6.45, 7) is 2.63. The molecule has 2 aromatic rings. The Hall–Kier alpha value is -3.35. The van der Waals surface area contributed by atoms with Crippen LogP contribution in [0.1, 0.15) is 56.1 Å². The van der Waals surface area contributed by atoms with Gasteiger partial charge >= 0.3 is 12.1 Å². The van der Waals surface area contributed by atoms with Crippen LogP contribution in [-0.2, 0) is 14.3 Å². The number of carboxylic acid groups (broad SMARTS) is 1. The predicted molar refractivity (Wildman–Crippen MR) is 124 cm³/mol. The van der Waals surface area contributed by atoms with Crippen molar-refractivity contribution in [3.05, 3.63) is 59.7 Å². The zero-order valence-electron chi connectivity index (χ0n) is 18.8. The fourth-order valence-electron chi connectivity index (χ4n) is 5.03. The van der Waals surface area contributed by atoms with E-state index in [-0.39, 0.29) is 24.9 Å². The number of fused-ring (bicyclic) bond motifs is 3. The van der Waals surface area contributed by atoms with Crippen molar-refractivity contribution in [1.29, 1.82) is 0 Å². The van der Waals surface area contributed by atoms with Crippen LogP contribution in [0.2, 0.25) is 0 Å². The highest BCUT2D eigenvalue weighted by Gasteiger charge is 2.35. The lowest BCUT2D eigenvalue weighted by Gasteiger charge is -2.25. The molecule has 174 valence electrons. The number of nitrogens with zero attached hydrogens (tertiary/aromatic N) is 1. The van der Waals surface area contributed by atoms with Gasteiger partial charge in [0.15, 0.2) is 0 Å². The van der Waals surface area contributed by atoms with Gasteiger partial charge in [0.05, 0.1) is 0 Å². The van der Waals surface area contributed by atoms with Crippen molar-refractivity contribution in [2.45, 2.75) is 57.0 Å². The lowest BCUT2D eigenvalue weighted by Crippen LogP contribution is -2.44. The van der Waals surface area contributed by atoms with Crippen LogP contribution >= 0.6 is 0 Å². The number of carboxylic acids is 1. The molecule has 2 amide bonds. The van der Waals surface area contributed by atoms with Gasteiger partial charge < -0.3 is 20.1 Å². The molecule has 2 atom stereocenters. The number of ether oxygens (including phenoxy) is 1. The number of carbonyl (C=O) groups excluding carboxylic acids is 2. The average molecular weight is 451 g/mol. The molecule has 0 bridgehead atoms. The molecule has 0 spiro atoms. The first-order valence-electron chi connectivity index (χ1n) is 11.6. The highest BCUT2D eigenvalue weighted by Crippen LogP contribution is 2.44. The Morgan fingerprint density at radius 1 is 1.09 bits per heavy atom. The Balaban J connectivity index is 1.37. The van der Waals surface area contributed by atoms with E-state index in [4.69, 9.17) is 4.74 Å². The molecular weight excluding hydrogens is 420 g/mol. The Bertz CT molecular complexity index is 991. The molecule has 1 aliphatic heterocycles. The summed E-state index contributed by atoms with van der Waals surface area (Å²) in [5, 5.41) is 12.2. The van der Waals surface area contributed by atoms with E-state index in [1.165, 1.54) is 4.90 Å². The van der Waals surface area contributed by atoms with Gasteiger partial charge in [-0.05, 0) is 41.5 Å². The Morgan fingerprint density at radius 2 is 1.73 bits per heavy atom. The van der Waals surface area contributed by atoms with Gasteiger partial charge in [-0.15, -0.1) is 0 Å². The summed E-state index contributed by atoms with van der Waals surface area (Å²) in [6, 6.07) is 15.1. The van der Waals surface area contributed by atoms with Crippen LogP contribution in [0.3, 0.4) is 0 Å². The van der Waals surface area contributed by atoms with Crippen molar-refractivity contribution in [2.24, 2.45) is 0 Å². The first-order chi connectivity index (χ1) is 16.0. The smallest absolute Gasteiger partial charge is 0.407 e. The highest BCUT2D eigenvalue weighted by molar-refractivity contribution is 5.85. The maximum absolute atomic E-state index is 12.7. The molecule has 4 rings (SSSR count). The predicted octanol–water partition coefficient (Wildman–Crippen LogP) is 4.16. The van der Waals surface area contributed by atoms with E-state index in [1.807, 2.05) is 31.2 Å². The first-order valence-corrected chi connectivity index (χ1v) is 11.6.